The van der Waals surface area contributed by atoms with Crippen molar-refractivity contribution in [2.75, 3.05) is 0 Å². The summed E-state index contributed by atoms with van der Waals surface area (Å²) in [6.45, 7) is 10.0. The van der Waals surface area contributed by atoms with Crippen LogP contribution in [0.15, 0.2) is 60.7 Å². The molecule has 4 atom stereocenters. The fourth-order valence-corrected chi connectivity index (χ4v) is 3.26. The number of hydrogen-bond donors (Lipinski definition) is 0. The van der Waals surface area contributed by atoms with Gasteiger partial charge >= 0.3 is 11.9 Å². The minimum absolute atomic E-state index is 0.0173. The van der Waals surface area contributed by atoms with Crippen LogP contribution in [0.5, 0.6) is 0 Å². The average molecular weight is 383 g/mol. The fourth-order valence-electron chi connectivity index (χ4n) is 3.26. The van der Waals surface area contributed by atoms with Crippen molar-refractivity contribution in [1.82, 2.24) is 0 Å². The molecule has 28 heavy (non-hydrogen) atoms. The minimum atomic E-state index is -0.338. The number of benzene rings is 2. The van der Waals surface area contributed by atoms with Gasteiger partial charge in [-0.1, -0.05) is 64.1 Å². The Kier molecular flexibility index (Phi) is 7.80. The standard InChI is InChI=1S/C24H30O4/c1-16(2)22(28-24(26)21-14-10-7-11-15-21)18(4)17(3)19(5)27-23(25)20-12-8-6-9-13-20/h6-19,22H,1-5H3. The first-order valence-electron chi connectivity index (χ1n) is 9.83. The zero-order valence-electron chi connectivity index (χ0n) is 17.3. The molecule has 0 bridgehead atoms. The van der Waals surface area contributed by atoms with Gasteiger partial charge < -0.3 is 9.47 Å². The van der Waals surface area contributed by atoms with E-state index in [0.29, 0.717) is 11.1 Å². The van der Waals surface area contributed by atoms with Gasteiger partial charge in [0.1, 0.15) is 12.2 Å². The molecule has 4 nitrogen and oxygen atoms in total. The maximum Gasteiger partial charge on any atom is 0.338 e. The topological polar surface area (TPSA) is 52.6 Å². The molecule has 0 aromatic heterocycles. The lowest BCUT2D eigenvalue weighted by atomic mass is 9.82. The molecule has 4 heteroatoms. The predicted molar refractivity (Wildman–Crippen MR) is 110 cm³/mol. The minimum Gasteiger partial charge on any atom is -0.459 e. The lowest BCUT2D eigenvalue weighted by molar-refractivity contribution is -0.0332. The van der Waals surface area contributed by atoms with Crippen LogP contribution in [0.1, 0.15) is 55.3 Å². The molecule has 150 valence electrons. The summed E-state index contributed by atoms with van der Waals surface area (Å²) in [7, 11) is 0. The van der Waals surface area contributed by atoms with Gasteiger partial charge in [-0.2, -0.15) is 0 Å². The summed E-state index contributed by atoms with van der Waals surface area (Å²) in [4.78, 5) is 24.9. The Morgan fingerprint density at radius 3 is 1.50 bits per heavy atom. The number of rotatable bonds is 8. The van der Waals surface area contributed by atoms with E-state index >= 15 is 0 Å². The normalized spacial score (nSPS) is 15.4. The SMILES string of the molecule is CC(C)C(OC(=O)c1ccccc1)C(C)C(C)C(C)OC(=O)c1ccccc1. The Balaban J connectivity index is 2.03. The Labute approximate surface area is 167 Å². The zero-order valence-corrected chi connectivity index (χ0v) is 17.3. The van der Waals surface area contributed by atoms with E-state index < -0.39 is 0 Å². The molecule has 0 saturated carbocycles. The van der Waals surface area contributed by atoms with Gasteiger partial charge in [0.25, 0.3) is 0 Å². The third-order valence-electron chi connectivity index (χ3n) is 5.30. The van der Waals surface area contributed by atoms with Crippen LogP contribution in [0.3, 0.4) is 0 Å². The average Bonchev–Trinajstić information content (AvgIpc) is 2.71. The highest BCUT2D eigenvalue weighted by atomic mass is 16.6. The van der Waals surface area contributed by atoms with Gasteiger partial charge in [0, 0.05) is 0 Å². The molecule has 0 N–H and O–H groups in total. The Bertz CT molecular complexity index is 755. The smallest absolute Gasteiger partial charge is 0.338 e. The Hall–Kier alpha value is -2.62. The van der Waals surface area contributed by atoms with Crippen LogP contribution in [0, 0.1) is 17.8 Å². The van der Waals surface area contributed by atoms with Gasteiger partial charge in [0.2, 0.25) is 0 Å². The van der Waals surface area contributed by atoms with Crippen molar-refractivity contribution in [2.45, 2.75) is 46.8 Å². The summed E-state index contributed by atoms with van der Waals surface area (Å²) in [5, 5.41) is 0. The van der Waals surface area contributed by atoms with Gasteiger partial charge in [-0.25, -0.2) is 9.59 Å². The second-order valence-electron chi connectivity index (χ2n) is 7.67. The maximum absolute atomic E-state index is 12.5. The first-order valence-corrected chi connectivity index (χ1v) is 9.83. The van der Waals surface area contributed by atoms with Crippen LogP contribution < -0.4 is 0 Å². The zero-order chi connectivity index (χ0) is 20.7. The molecule has 2 rings (SSSR count). The first kappa shape index (κ1) is 21.7. The molecule has 0 fully saturated rings. The maximum atomic E-state index is 12.5. The lowest BCUT2D eigenvalue weighted by Gasteiger charge is -2.34. The second kappa shape index (κ2) is 10.1. The van der Waals surface area contributed by atoms with Crippen LogP contribution in [-0.4, -0.2) is 24.1 Å². The number of carbonyl (C=O) groups is 2. The van der Waals surface area contributed by atoms with E-state index in [9.17, 15) is 9.59 Å². The number of hydrogen-bond acceptors (Lipinski definition) is 4. The van der Waals surface area contributed by atoms with Crippen molar-refractivity contribution in [3.05, 3.63) is 71.8 Å². The third kappa shape index (κ3) is 5.69. The molecule has 0 aliphatic carbocycles. The predicted octanol–water partition coefficient (Wildman–Crippen LogP) is 5.39. The van der Waals surface area contributed by atoms with E-state index in [2.05, 4.69) is 0 Å². The van der Waals surface area contributed by atoms with Crippen molar-refractivity contribution in [3.63, 3.8) is 0 Å². The lowest BCUT2D eigenvalue weighted by Crippen LogP contribution is -2.38. The summed E-state index contributed by atoms with van der Waals surface area (Å²) in [5.74, 6) is -0.487. The van der Waals surface area contributed by atoms with E-state index in [1.807, 2.05) is 71.0 Å². The first-order chi connectivity index (χ1) is 13.3. The van der Waals surface area contributed by atoms with Gasteiger partial charge in [-0.15, -0.1) is 0 Å². The van der Waals surface area contributed by atoms with E-state index in [1.165, 1.54) is 0 Å². The van der Waals surface area contributed by atoms with Gasteiger partial charge in [-0.05, 0) is 48.9 Å². The molecule has 2 aromatic carbocycles. The van der Waals surface area contributed by atoms with Crippen molar-refractivity contribution in [2.24, 2.45) is 17.8 Å². The monoisotopic (exact) mass is 382 g/mol. The van der Waals surface area contributed by atoms with Gasteiger partial charge in [0.15, 0.2) is 0 Å². The highest BCUT2D eigenvalue weighted by Gasteiger charge is 2.33. The van der Waals surface area contributed by atoms with E-state index in [-0.39, 0.29) is 41.9 Å². The van der Waals surface area contributed by atoms with E-state index in [0.717, 1.165) is 0 Å². The van der Waals surface area contributed by atoms with Crippen LogP contribution in [0.4, 0.5) is 0 Å². The number of carbonyl (C=O) groups excluding carboxylic acids is 2. The highest BCUT2D eigenvalue weighted by molar-refractivity contribution is 5.89. The van der Waals surface area contributed by atoms with Crippen LogP contribution in [0.2, 0.25) is 0 Å². The van der Waals surface area contributed by atoms with Crippen molar-refractivity contribution in [1.29, 1.82) is 0 Å². The molecule has 0 radical (unpaired) electrons. The molecule has 0 spiro atoms. The van der Waals surface area contributed by atoms with Gasteiger partial charge in [0.05, 0.1) is 11.1 Å². The van der Waals surface area contributed by atoms with E-state index in [4.69, 9.17) is 9.47 Å². The molecular weight excluding hydrogens is 352 g/mol. The van der Waals surface area contributed by atoms with Crippen LogP contribution in [-0.2, 0) is 9.47 Å². The second-order valence-corrected chi connectivity index (χ2v) is 7.67. The molecular formula is C24H30O4. The summed E-state index contributed by atoms with van der Waals surface area (Å²) >= 11 is 0. The molecule has 0 amide bonds. The quantitative estimate of drug-likeness (QED) is 0.575. The fraction of sp³-hybridized carbons (Fsp3) is 0.417. The molecule has 0 aliphatic heterocycles. The summed E-state index contributed by atoms with van der Waals surface area (Å²) in [5.41, 5.74) is 1.07. The largest absolute Gasteiger partial charge is 0.459 e. The summed E-state index contributed by atoms with van der Waals surface area (Å²) < 4.78 is 11.5. The van der Waals surface area contributed by atoms with Crippen LogP contribution >= 0.6 is 0 Å². The molecule has 4 unspecified atom stereocenters. The van der Waals surface area contributed by atoms with Gasteiger partial charge in [-0.3, -0.25) is 0 Å². The number of esters is 2. The summed E-state index contributed by atoms with van der Waals surface area (Å²) in [6, 6.07) is 18.0. The third-order valence-corrected chi connectivity index (χ3v) is 5.30. The van der Waals surface area contributed by atoms with E-state index in [1.54, 1.807) is 24.3 Å². The van der Waals surface area contributed by atoms with Crippen LogP contribution in [0.25, 0.3) is 0 Å². The number of ether oxygens (including phenoxy) is 2. The van der Waals surface area contributed by atoms with Crippen molar-refractivity contribution >= 4 is 11.9 Å². The Morgan fingerprint density at radius 2 is 1.07 bits per heavy atom. The summed E-state index contributed by atoms with van der Waals surface area (Å²) in [6.07, 6.45) is -0.583. The Morgan fingerprint density at radius 1 is 0.643 bits per heavy atom. The van der Waals surface area contributed by atoms with Crippen molar-refractivity contribution in [3.8, 4) is 0 Å². The highest BCUT2D eigenvalue weighted by Crippen LogP contribution is 2.28. The van der Waals surface area contributed by atoms with Crippen molar-refractivity contribution < 1.29 is 19.1 Å². The molecule has 0 aliphatic rings. The molecule has 2 aromatic rings. The molecule has 0 saturated heterocycles. The molecule has 0 heterocycles.